The van der Waals surface area contributed by atoms with Crippen molar-refractivity contribution in [2.75, 3.05) is 0 Å². The average Bonchev–Trinajstić information content (AvgIpc) is 3.20. The van der Waals surface area contributed by atoms with E-state index in [-0.39, 0.29) is 23.6 Å². The summed E-state index contributed by atoms with van der Waals surface area (Å²) in [4.78, 5) is 29.6. The van der Waals surface area contributed by atoms with E-state index < -0.39 is 11.6 Å². The first-order valence-corrected chi connectivity index (χ1v) is 8.39. The normalized spacial score (nSPS) is 14.9. The van der Waals surface area contributed by atoms with E-state index >= 15 is 0 Å². The number of rotatable bonds is 4. The van der Waals surface area contributed by atoms with Gasteiger partial charge >= 0.3 is 5.97 Å². The van der Waals surface area contributed by atoms with Crippen molar-refractivity contribution in [1.29, 1.82) is 5.41 Å². The largest absolute Gasteiger partial charge is 0.486 e. The minimum absolute atomic E-state index is 0.0521. The van der Waals surface area contributed by atoms with Crippen LogP contribution in [-0.4, -0.2) is 33.4 Å². The standard InChI is InChI=1S/C18H20N4O4/c1-3-18(4-2)8-14(23)13-7-11(5-6-15(13)25-18)17(24)26-22-16(19)12-9-20-21-10-12/h5-7,9-10H,3-4,8H2,1-2H3,(H2,19,22)(H,20,21). The van der Waals surface area contributed by atoms with Gasteiger partial charge in [-0.2, -0.15) is 10.6 Å². The zero-order chi connectivity index (χ0) is 18.7. The molecule has 3 N–H and O–H groups in total. The second-order valence-corrected chi connectivity index (χ2v) is 6.16. The number of nitrogens with zero attached hydrogens (tertiary/aromatic N) is 1. The van der Waals surface area contributed by atoms with Crippen molar-refractivity contribution in [1.82, 2.24) is 15.7 Å². The zero-order valence-corrected chi connectivity index (χ0v) is 14.6. The van der Waals surface area contributed by atoms with Crippen LogP contribution >= 0.6 is 0 Å². The van der Waals surface area contributed by atoms with E-state index in [1.54, 1.807) is 12.1 Å². The molecule has 1 aliphatic rings. The van der Waals surface area contributed by atoms with Crippen LogP contribution in [0.4, 0.5) is 0 Å². The first kappa shape index (κ1) is 17.7. The van der Waals surface area contributed by atoms with E-state index in [0.717, 1.165) is 12.8 Å². The number of hydroxylamine groups is 1. The number of carbonyl (C=O) groups is 2. The van der Waals surface area contributed by atoms with Crippen molar-refractivity contribution >= 4 is 17.6 Å². The number of benzene rings is 1. The maximum Gasteiger partial charge on any atom is 0.362 e. The summed E-state index contributed by atoms with van der Waals surface area (Å²) in [6, 6.07) is 4.63. The molecule has 26 heavy (non-hydrogen) atoms. The fourth-order valence-electron chi connectivity index (χ4n) is 2.87. The molecule has 8 heteroatoms. The molecule has 2 heterocycles. The number of aromatic amines is 1. The monoisotopic (exact) mass is 356 g/mol. The van der Waals surface area contributed by atoms with Crippen LogP contribution in [0, 0.1) is 5.41 Å². The van der Waals surface area contributed by atoms with E-state index in [9.17, 15) is 9.59 Å². The smallest absolute Gasteiger partial charge is 0.362 e. The lowest BCUT2D eigenvalue weighted by Gasteiger charge is -2.36. The molecule has 0 fully saturated rings. The first-order valence-electron chi connectivity index (χ1n) is 8.39. The van der Waals surface area contributed by atoms with E-state index in [2.05, 4.69) is 15.7 Å². The van der Waals surface area contributed by atoms with Crippen molar-refractivity contribution in [3.05, 3.63) is 47.3 Å². The second-order valence-electron chi connectivity index (χ2n) is 6.16. The maximum absolute atomic E-state index is 12.5. The number of hydrogen-bond acceptors (Lipinski definition) is 6. The predicted octanol–water partition coefficient (Wildman–Crippen LogP) is 2.62. The zero-order valence-electron chi connectivity index (χ0n) is 14.6. The highest BCUT2D eigenvalue weighted by atomic mass is 16.7. The van der Waals surface area contributed by atoms with E-state index in [4.69, 9.17) is 15.0 Å². The van der Waals surface area contributed by atoms with Crippen LogP contribution in [0.25, 0.3) is 0 Å². The van der Waals surface area contributed by atoms with Crippen molar-refractivity contribution in [3.8, 4) is 5.75 Å². The summed E-state index contributed by atoms with van der Waals surface area (Å²) < 4.78 is 6.04. The highest BCUT2D eigenvalue weighted by Crippen LogP contribution is 2.37. The number of ether oxygens (including phenoxy) is 1. The molecule has 0 unspecified atom stereocenters. The molecule has 8 nitrogen and oxygen atoms in total. The Morgan fingerprint density at radius 1 is 1.38 bits per heavy atom. The van der Waals surface area contributed by atoms with Gasteiger partial charge in [-0.05, 0) is 31.0 Å². The summed E-state index contributed by atoms with van der Waals surface area (Å²) >= 11 is 0. The summed E-state index contributed by atoms with van der Waals surface area (Å²) in [6.45, 7) is 3.99. The summed E-state index contributed by atoms with van der Waals surface area (Å²) in [5, 5.41) is 14.0. The Labute approximate surface area is 150 Å². The molecule has 1 aliphatic heterocycles. The number of carbonyl (C=O) groups excluding carboxylic acids is 2. The lowest BCUT2D eigenvalue weighted by atomic mass is 9.85. The minimum atomic E-state index is -0.698. The van der Waals surface area contributed by atoms with Crippen LogP contribution < -0.4 is 10.2 Å². The van der Waals surface area contributed by atoms with Gasteiger partial charge in [0, 0.05) is 6.20 Å². The van der Waals surface area contributed by atoms with Gasteiger partial charge in [-0.25, -0.2) is 4.79 Å². The Morgan fingerprint density at radius 2 is 2.15 bits per heavy atom. The molecule has 0 radical (unpaired) electrons. The molecule has 3 rings (SSSR count). The lowest BCUT2D eigenvalue weighted by molar-refractivity contribution is 0.0347. The van der Waals surface area contributed by atoms with Crippen LogP contribution in [0.5, 0.6) is 5.75 Å². The Kier molecular flexibility index (Phi) is 4.75. The highest BCUT2D eigenvalue weighted by Gasteiger charge is 2.38. The molecule has 0 aliphatic carbocycles. The topological polar surface area (TPSA) is 117 Å². The van der Waals surface area contributed by atoms with Gasteiger partial charge in [-0.15, -0.1) is 0 Å². The summed E-state index contributed by atoms with van der Waals surface area (Å²) in [6.07, 6.45) is 4.67. The SMILES string of the molecule is CCC1(CC)CC(=O)c2cc(C(=O)ONC(=N)c3cn[nH]c3)ccc2O1. The van der Waals surface area contributed by atoms with Crippen LogP contribution in [0.1, 0.15) is 59.4 Å². The molecule has 1 aromatic heterocycles. The molecular formula is C18H20N4O4. The van der Waals surface area contributed by atoms with Gasteiger partial charge in [0.15, 0.2) is 11.6 Å². The third-order valence-electron chi connectivity index (χ3n) is 4.65. The second kappa shape index (κ2) is 6.99. The molecule has 136 valence electrons. The van der Waals surface area contributed by atoms with Gasteiger partial charge in [0.05, 0.1) is 29.3 Å². The van der Waals surface area contributed by atoms with Crippen LogP contribution in [0.3, 0.4) is 0 Å². The molecule has 0 spiro atoms. The fraction of sp³-hybridized carbons (Fsp3) is 0.333. The highest BCUT2D eigenvalue weighted by molar-refractivity contribution is 6.03. The van der Waals surface area contributed by atoms with Crippen LogP contribution in [-0.2, 0) is 4.84 Å². The van der Waals surface area contributed by atoms with Gasteiger partial charge < -0.3 is 9.57 Å². The van der Waals surface area contributed by atoms with Crippen LogP contribution in [0.15, 0.2) is 30.6 Å². The third-order valence-corrected chi connectivity index (χ3v) is 4.65. The number of amidine groups is 1. The molecule has 0 atom stereocenters. The number of ketones is 1. The van der Waals surface area contributed by atoms with Gasteiger partial charge in [-0.3, -0.25) is 15.3 Å². The number of aromatic nitrogens is 2. The minimum Gasteiger partial charge on any atom is -0.486 e. The fourth-order valence-corrected chi connectivity index (χ4v) is 2.87. The van der Waals surface area contributed by atoms with E-state index in [1.807, 2.05) is 13.8 Å². The lowest BCUT2D eigenvalue weighted by Crippen LogP contribution is -2.41. The molecule has 1 aromatic carbocycles. The quantitative estimate of drug-likeness (QED) is 0.440. The number of H-pyrrole nitrogens is 1. The van der Waals surface area contributed by atoms with Crippen molar-refractivity contribution in [3.63, 3.8) is 0 Å². The molecule has 0 saturated heterocycles. The Hall–Kier alpha value is -3.16. The Bertz CT molecular complexity index is 841. The number of fused-ring (bicyclic) bond motifs is 1. The third kappa shape index (κ3) is 3.30. The number of hydrogen-bond donors (Lipinski definition) is 3. The van der Waals surface area contributed by atoms with Gasteiger partial charge in [0.1, 0.15) is 11.4 Å². The Balaban J connectivity index is 1.73. The van der Waals surface area contributed by atoms with Gasteiger partial charge in [0.2, 0.25) is 0 Å². The first-order chi connectivity index (χ1) is 12.5. The molecule has 0 bridgehead atoms. The van der Waals surface area contributed by atoms with E-state index in [1.165, 1.54) is 18.5 Å². The summed E-state index contributed by atoms with van der Waals surface area (Å²) in [7, 11) is 0. The van der Waals surface area contributed by atoms with E-state index in [0.29, 0.717) is 16.9 Å². The van der Waals surface area contributed by atoms with Crippen molar-refractivity contribution < 1.29 is 19.2 Å². The van der Waals surface area contributed by atoms with Gasteiger partial charge in [0.25, 0.3) is 0 Å². The maximum atomic E-state index is 12.5. The van der Waals surface area contributed by atoms with Crippen molar-refractivity contribution in [2.24, 2.45) is 0 Å². The van der Waals surface area contributed by atoms with Crippen molar-refractivity contribution in [2.45, 2.75) is 38.7 Å². The molecule has 0 amide bonds. The Morgan fingerprint density at radius 3 is 2.81 bits per heavy atom. The average molecular weight is 356 g/mol. The number of nitrogens with one attached hydrogen (secondary N) is 3. The summed E-state index contributed by atoms with van der Waals surface area (Å²) in [5.74, 6) is -0.374. The predicted molar refractivity (Wildman–Crippen MR) is 93.3 cm³/mol. The van der Waals surface area contributed by atoms with Gasteiger partial charge in [-0.1, -0.05) is 13.8 Å². The number of Topliss-reactive ketones (excluding diaryl/α,β-unsaturated/α-hetero) is 1. The molecule has 0 saturated carbocycles. The molecule has 2 aromatic rings. The molecular weight excluding hydrogens is 336 g/mol. The van der Waals surface area contributed by atoms with Crippen LogP contribution in [0.2, 0.25) is 0 Å². The summed E-state index contributed by atoms with van der Waals surface area (Å²) in [5.41, 5.74) is 2.81.